The zero-order chi connectivity index (χ0) is 15.4. The molecule has 0 aliphatic rings. The third-order valence-electron chi connectivity index (χ3n) is 3.28. The van der Waals surface area contributed by atoms with Gasteiger partial charge in [0.2, 0.25) is 0 Å². The van der Waals surface area contributed by atoms with Crippen molar-refractivity contribution < 1.29 is 14.6 Å². The summed E-state index contributed by atoms with van der Waals surface area (Å²) in [7, 11) is 0. The van der Waals surface area contributed by atoms with Crippen molar-refractivity contribution in [2.75, 3.05) is 0 Å². The van der Waals surface area contributed by atoms with Gasteiger partial charge in [-0.1, -0.05) is 54.6 Å². The van der Waals surface area contributed by atoms with E-state index in [1.54, 1.807) is 36.4 Å². The standard InChI is InChI=1S/C19H14O3/c20-18-12-11-15(14-7-3-1-4-8-14)13-17(18)19(21)22-16-9-5-2-6-10-16/h1-13,20H. The van der Waals surface area contributed by atoms with Crippen molar-refractivity contribution >= 4 is 5.97 Å². The quantitative estimate of drug-likeness (QED) is 0.578. The second kappa shape index (κ2) is 6.14. The molecule has 0 heterocycles. The lowest BCUT2D eigenvalue weighted by Gasteiger charge is -2.08. The molecule has 108 valence electrons. The zero-order valence-corrected chi connectivity index (χ0v) is 11.8. The number of benzene rings is 3. The molecule has 3 nitrogen and oxygen atoms in total. The minimum atomic E-state index is -0.582. The first kappa shape index (κ1) is 13.9. The number of para-hydroxylation sites is 1. The molecule has 0 radical (unpaired) electrons. The summed E-state index contributed by atoms with van der Waals surface area (Å²) in [6.45, 7) is 0. The van der Waals surface area contributed by atoms with Crippen LogP contribution in [0.2, 0.25) is 0 Å². The summed E-state index contributed by atoms with van der Waals surface area (Å²) >= 11 is 0. The molecule has 0 unspecified atom stereocenters. The van der Waals surface area contributed by atoms with E-state index in [2.05, 4.69) is 0 Å². The number of phenols is 1. The summed E-state index contributed by atoms with van der Waals surface area (Å²) in [6.07, 6.45) is 0. The molecule has 3 aromatic carbocycles. The van der Waals surface area contributed by atoms with E-state index in [0.717, 1.165) is 11.1 Å². The number of ether oxygens (including phenoxy) is 1. The molecular formula is C19H14O3. The van der Waals surface area contributed by atoms with Crippen LogP contribution in [0.1, 0.15) is 10.4 Å². The van der Waals surface area contributed by atoms with Gasteiger partial charge < -0.3 is 9.84 Å². The van der Waals surface area contributed by atoms with E-state index in [4.69, 9.17) is 4.74 Å². The van der Waals surface area contributed by atoms with Crippen molar-refractivity contribution in [2.45, 2.75) is 0 Å². The Labute approximate surface area is 128 Å². The Kier molecular flexibility index (Phi) is 3.88. The fourth-order valence-electron chi connectivity index (χ4n) is 2.16. The number of rotatable bonds is 3. The zero-order valence-electron chi connectivity index (χ0n) is 11.8. The van der Waals surface area contributed by atoms with Crippen LogP contribution < -0.4 is 4.74 Å². The molecule has 3 aromatic rings. The van der Waals surface area contributed by atoms with Gasteiger partial charge in [0.15, 0.2) is 0 Å². The SMILES string of the molecule is O=C(Oc1ccccc1)c1cc(-c2ccccc2)ccc1O. The van der Waals surface area contributed by atoms with Gasteiger partial charge in [-0.05, 0) is 35.4 Å². The lowest BCUT2D eigenvalue weighted by Crippen LogP contribution is -2.08. The van der Waals surface area contributed by atoms with E-state index in [9.17, 15) is 9.90 Å². The van der Waals surface area contributed by atoms with Crippen molar-refractivity contribution in [3.05, 3.63) is 84.4 Å². The third-order valence-corrected chi connectivity index (χ3v) is 3.28. The Morgan fingerprint density at radius 2 is 1.41 bits per heavy atom. The van der Waals surface area contributed by atoms with Crippen molar-refractivity contribution in [2.24, 2.45) is 0 Å². The van der Waals surface area contributed by atoms with Crippen molar-refractivity contribution in [3.63, 3.8) is 0 Å². The summed E-state index contributed by atoms with van der Waals surface area (Å²) in [5.74, 6) is -0.237. The average Bonchev–Trinajstić information content (AvgIpc) is 2.57. The van der Waals surface area contributed by atoms with E-state index in [1.807, 2.05) is 36.4 Å². The molecule has 0 aliphatic carbocycles. The minimum absolute atomic E-state index is 0.0967. The highest BCUT2D eigenvalue weighted by molar-refractivity contribution is 5.95. The number of carbonyl (C=O) groups is 1. The molecule has 0 spiro atoms. The van der Waals surface area contributed by atoms with Crippen LogP contribution in [-0.4, -0.2) is 11.1 Å². The number of phenolic OH excluding ortho intramolecular Hbond substituents is 1. The second-order valence-corrected chi connectivity index (χ2v) is 4.80. The Bertz CT molecular complexity index is 780. The molecule has 0 amide bonds. The van der Waals surface area contributed by atoms with E-state index in [-0.39, 0.29) is 11.3 Å². The molecule has 0 saturated carbocycles. The molecule has 0 aromatic heterocycles. The molecule has 22 heavy (non-hydrogen) atoms. The maximum absolute atomic E-state index is 12.2. The number of hydrogen-bond acceptors (Lipinski definition) is 3. The molecule has 0 saturated heterocycles. The lowest BCUT2D eigenvalue weighted by molar-refractivity contribution is 0.0731. The fourth-order valence-corrected chi connectivity index (χ4v) is 2.16. The van der Waals surface area contributed by atoms with E-state index in [0.29, 0.717) is 5.75 Å². The van der Waals surface area contributed by atoms with Crippen LogP contribution >= 0.6 is 0 Å². The van der Waals surface area contributed by atoms with Gasteiger partial charge in [-0.2, -0.15) is 0 Å². The van der Waals surface area contributed by atoms with Gasteiger partial charge in [-0.3, -0.25) is 0 Å². The van der Waals surface area contributed by atoms with E-state index < -0.39 is 5.97 Å². The lowest BCUT2D eigenvalue weighted by atomic mass is 10.0. The van der Waals surface area contributed by atoms with Gasteiger partial charge in [0.05, 0.1) is 0 Å². The molecule has 0 atom stereocenters. The van der Waals surface area contributed by atoms with Crippen LogP contribution in [0.3, 0.4) is 0 Å². The van der Waals surface area contributed by atoms with E-state index >= 15 is 0 Å². The molecular weight excluding hydrogens is 276 g/mol. The Hall–Kier alpha value is -3.07. The number of esters is 1. The number of hydrogen-bond donors (Lipinski definition) is 1. The van der Waals surface area contributed by atoms with Crippen LogP contribution in [0, 0.1) is 0 Å². The Morgan fingerprint density at radius 3 is 2.09 bits per heavy atom. The van der Waals surface area contributed by atoms with Gasteiger partial charge in [-0.15, -0.1) is 0 Å². The van der Waals surface area contributed by atoms with Crippen molar-refractivity contribution in [1.82, 2.24) is 0 Å². The fraction of sp³-hybridized carbons (Fsp3) is 0. The predicted octanol–water partition coefficient (Wildman–Crippen LogP) is 4.28. The maximum Gasteiger partial charge on any atom is 0.347 e. The topological polar surface area (TPSA) is 46.5 Å². The van der Waals surface area contributed by atoms with Crippen LogP contribution in [0.4, 0.5) is 0 Å². The highest BCUT2D eigenvalue weighted by Gasteiger charge is 2.15. The van der Waals surface area contributed by atoms with Crippen molar-refractivity contribution in [1.29, 1.82) is 0 Å². The normalized spacial score (nSPS) is 10.2. The van der Waals surface area contributed by atoms with Crippen LogP contribution in [0.25, 0.3) is 11.1 Å². The highest BCUT2D eigenvalue weighted by Crippen LogP contribution is 2.27. The molecule has 0 fully saturated rings. The molecule has 0 bridgehead atoms. The number of aromatic hydroxyl groups is 1. The summed E-state index contributed by atoms with van der Waals surface area (Å²) in [6, 6.07) is 23.3. The molecule has 3 rings (SSSR count). The maximum atomic E-state index is 12.2. The molecule has 3 heteroatoms. The summed E-state index contributed by atoms with van der Waals surface area (Å²) < 4.78 is 5.27. The third kappa shape index (κ3) is 2.99. The largest absolute Gasteiger partial charge is 0.507 e. The Balaban J connectivity index is 1.91. The van der Waals surface area contributed by atoms with E-state index in [1.165, 1.54) is 6.07 Å². The first-order valence-electron chi connectivity index (χ1n) is 6.90. The van der Waals surface area contributed by atoms with Gasteiger partial charge >= 0.3 is 5.97 Å². The Morgan fingerprint density at radius 1 is 0.773 bits per heavy atom. The van der Waals surface area contributed by atoms with Crippen LogP contribution in [0.15, 0.2) is 78.9 Å². The number of carbonyl (C=O) groups excluding carboxylic acids is 1. The van der Waals surface area contributed by atoms with Crippen molar-refractivity contribution in [3.8, 4) is 22.6 Å². The van der Waals surface area contributed by atoms with Crippen LogP contribution in [0.5, 0.6) is 11.5 Å². The van der Waals surface area contributed by atoms with Gasteiger partial charge in [0, 0.05) is 0 Å². The monoisotopic (exact) mass is 290 g/mol. The molecule has 0 aliphatic heterocycles. The van der Waals surface area contributed by atoms with Gasteiger partial charge in [0.1, 0.15) is 17.1 Å². The predicted molar refractivity (Wildman–Crippen MR) is 84.9 cm³/mol. The average molecular weight is 290 g/mol. The molecule has 1 N–H and O–H groups in total. The smallest absolute Gasteiger partial charge is 0.347 e. The van der Waals surface area contributed by atoms with Gasteiger partial charge in [0.25, 0.3) is 0 Å². The van der Waals surface area contributed by atoms with Gasteiger partial charge in [-0.25, -0.2) is 4.79 Å². The van der Waals surface area contributed by atoms with Crippen LogP contribution in [-0.2, 0) is 0 Å². The second-order valence-electron chi connectivity index (χ2n) is 4.80. The summed E-state index contributed by atoms with van der Waals surface area (Å²) in [5, 5.41) is 9.93. The first-order chi connectivity index (χ1) is 10.7. The first-order valence-corrected chi connectivity index (χ1v) is 6.90. The summed E-state index contributed by atoms with van der Waals surface area (Å²) in [5.41, 5.74) is 1.96. The summed E-state index contributed by atoms with van der Waals surface area (Å²) in [4.78, 5) is 12.2. The highest BCUT2D eigenvalue weighted by atomic mass is 16.5. The minimum Gasteiger partial charge on any atom is -0.507 e.